The number of aromatic amines is 1. The van der Waals surface area contributed by atoms with Gasteiger partial charge in [-0.2, -0.15) is 10.4 Å². The zero-order valence-electron chi connectivity index (χ0n) is 17.5. The Balaban J connectivity index is 1.83. The highest BCUT2D eigenvalue weighted by Gasteiger charge is 2.40. The fourth-order valence-electron chi connectivity index (χ4n) is 4.43. The molecular weight excluding hydrogens is 396 g/mol. The largest absolute Gasteiger partial charge is 0.465 e. The fourth-order valence-corrected chi connectivity index (χ4v) is 4.43. The van der Waals surface area contributed by atoms with Gasteiger partial charge in [-0.1, -0.05) is 6.07 Å². The molecule has 3 N–H and O–H groups in total. The lowest BCUT2D eigenvalue weighted by atomic mass is 9.85. The van der Waals surface area contributed by atoms with Gasteiger partial charge < -0.3 is 20.3 Å². The van der Waals surface area contributed by atoms with Crippen molar-refractivity contribution in [2.24, 2.45) is 0 Å². The number of nitrogens with zero attached hydrogens (tertiary/aromatic N) is 4. The molecule has 0 unspecified atom stereocenters. The number of piperidine rings is 1. The lowest BCUT2D eigenvalue weighted by Gasteiger charge is -2.40. The summed E-state index contributed by atoms with van der Waals surface area (Å²) in [7, 11) is 0. The van der Waals surface area contributed by atoms with Crippen LogP contribution in [0, 0.1) is 25.2 Å². The first-order valence-electron chi connectivity index (χ1n) is 10.1. The van der Waals surface area contributed by atoms with Crippen LogP contribution in [-0.4, -0.2) is 44.0 Å². The number of fused-ring (bicyclic) bond motifs is 1. The van der Waals surface area contributed by atoms with Gasteiger partial charge in [0, 0.05) is 25.0 Å². The van der Waals surface area contributed by atoms with Crippen LogP contribution in [0.15, 0.2) is 35.3 Å². The summed E-state index contributed by atoms with van der Waals surface area (Å²) >= 11 is 0. The Labute approximate surface area is 178 Å². The second-order valence-electron chi connectivity index (χ2n) is 8.16. The number of carboxylic acid groups (broad SMARTS) is 1. The van der Waals surface area contributed by atoms with Crippen LogP contribution in [0.1, 0.15) is 30.4 Å². The van der Waals surface area contributed by atoms with Crippen LogP contribution in [0.2, 0.25) is 0 Å². The van der Waals surface area contributed by atoms with E-state index in [9.17, 15) is 20.0 Å². The number of amides is 1. The number of nitriles is 1. The van der Waals surface area contributed by atoms with Gasteiger partial charge in [-0.25, -0.2) is 4.79 Å². The number of benzene rings is 1. The van der Waals surface area contributed by atoms with Gasteiger partial charge in [0.2, 0.25) is 0 Å². The van der Waals surface area contributed by atoms with Gasteiger partial charge in [0.05, 0.1) is 23.5 Å². The van der Waals surface area contributed by atoms with Crippen LogP contribution in [0.5, 0.6) is 0 Å². The number of aromatic nitrogens is 3. The summed E-state index contributed by atoms with van der Waals surface area (Å²) in [6, 6.07) is 10.0. The lowest BCUT2D eigenvalue weighted by Crippen LogP contribution is -2.48. The Kier molecular flexibility index (Phi) is 5.15. The van der Waals surface area contributed by atoms with Crippen molar-refractivity contribution >= 4 is 28.5 Å². The van der Waals surface area contributed by atoms with E-state index in [0.29, 0.717) is 42.7 Å². The van der Waals surface area contributed by atoms with E-state index in [1.807, 2.05) is 26.0 Å². The number of pyridine rings is 1. The molecule has 0 bridgehead atoms. The number of carbonyl (C=O) groups is 1. The summed E-state index contributed by atoms with van der Waals surface area (Å²) in [6.45, 7) is 4.61. The molecule has 1 fully saturated rings. The summed E-state index contributed by atoms with van der Waals surface area (Å²) in [5.41, 5.74) is 2.65. The number of hydrogen-bond acceptors (Lipinski definition) is 5. The molecule has 3 aromatic rings. The van der Waals surface area contributed by atoms with Crippen molar-refractivity contribution in [2.45, 2.75) is 38.6 Å². The number of rotatable bonds is 4. The quantitative estimate of drug-likeness (QED) is 0.593. The molecule has 0 saturated carbocycles. The summed E-state index contributed by atoms with van der Waals surface area (Å²) in [5.74, 6) is 0.417. The van der Waals surface area contributed by atoms with Crippen molar-refractivity contribution in [1.29, 1.82) is 5.26 Å². The molecule has 0 atom stereocenters. The molecule has 9 nitrogen and oxygen atoms in total. The highest BCUT2D eigenvalue weighted by molar-refractivity contribution is 5.91. The molecule has 1 aromatic carbocycles. The normalized spacial score (nSPS) is 15.6. The molecule has 1 saturated heterocycles. The second-order valence-corrected chi connectivity index (χ2v) is 8.16. The van der Waals surface area contributed by atoms with Crippen LogP contribution >= 0.6 is 0 Å². The van der Waals surface area contributed by atoms with E-state index in [1.165, 1.54) is 4.90 Å². The van der Waals surface area contributed by atoms with E-state index >= 15 is 0 Å². The highest BCUT2D eigenvalue weighted by atomic mass is 16.4. The minimum Gasteiger partial charge on any atom is -0.465 e. The number of nitrogens with one attached hydrogen (secondary N) is 2. The third-order valence-corrected chi connectivity index (χ3v) is 5.91. The molecule has 3 heterocycles. The minimum absolute atomic E-state index is 0.174. The Hall–Kier alpha value is -3.80. The van der Waals surface area contributed by atoms with Gasteiger partial charge in [0.15, 0.2) is 5.82 Å². The van der Waals surface area contributed by atoms with E-state index in [0.717, 1.165) is 16.8 Å². The first-order valence-corrected chi connectivity index (χ1v) is 10.1. The lowest BCUT2D eigenvalue weighted by molar-refractivity contribution is 0.0912. The number of anilines is 2. The number of H-pyrrole nitrogens is 1. The second kappa shape index (κ2) is 7.80. The summed E-state index contributed by atoms with van der Waals surface area (Å²) < 4.78 is 1.75. The first kappa shape index (κ1) is 20.5. The van der Waals surface area contributed by atoms with Gasteiger partial charge in [-0.05, 0) is 56.0 Å². The molecule has 2 aromatic heterocycles. The van der Waals surface area contributed by atoms with Crippen molar-refractivity contribution in [3.63, 3.8) is 0 Å². The fraction of sp³-hybridized carbons (Fsp3) is 0.364. The Morgan fingerprint density at radius 2 is 1.97 bits per heavy atom. The third kappa shape index (κ3) is 3.72. The van der Waals surface area contributed by atoms with Crippen molar-refractivity contribution in [2.75, 3.05) is 18.4 Å². The van der Waals surface area contributed by atoms with Crippen molar-refractivity contribution in [1.82, 2.24) is 19.7 Å². The Morgan fingerprint density at radius 3 is 2.58 bits per heavy atom. The maximum atomic E-state index is 12.7. The Bertz CT molecular complexity index is 1220. The standard InChI is InChI=1S/C22H24N6O3/c1-14-11-15(2)13-16(12-14)25-19-18-17(3-8-24-20(18)29)28(26-19)22(4-7-23)5-9-27(10-6-22)21(30)31/h3,8,11-13H,4-6,9-10H2,1-2H3,(H,24,29)(H,25,26)(H,30,31). The molecular formula is C22H24N6O3. The van der Waals surface area contributed by atoms with E-state index in [2.05, 4.69) is 22.4 Å². The van der Waals surface area contributed by atoms with Crippen molar-refractivity contribution in [3.8, 4) is 6.07 Å². The van der Waals surface area contributed by atoms with E-state index in [-0.39, 0.29) is 12.0 Å². The average molecular weight is 420 g/mol. The molecule has 9 heteroatoms. The maximum absolute atomic E-state index is 12.7. The first-order chi connectivity index (χ1) is 14.8. The maximum Gasteiger partial charge on any atom is 0.407 e. The van der Waals surface area contributed by atoms with Crippen molar-refractivity contribution in [3.05, 3.63) is 51.9 Å². The van der Waals surface area contributed by atoms with Gasteiger partial charge in [0.1, 0.15) is 5.39 Å². The van der Waals surface area contributed by atoms with Crippen molar-refractivity contribution < 1.29 is 9.90 Å². The summed E-state index contributed by atoms with van der Waals surface area (Å²) in [4.78, 5) is 28.1. The highest BCUT2D eigenvalue weighted by Crippen LogP contribution is 2.37. The predicted octanol–water partition coefficient (Wildman–Crippen LogP) is 3.47. The molecule has 0 radical (unpaired) electrons. The smallest absolute Gasteiger partial charge is 0.407 e. The monoisotopic (exact) mass is 420 g/mol. The molecule has 0 aliphatic carbocycles. The number of hydrogen-bond donors (Lipinski definition) is 3. The topological polar surface area (TPSA) is 127 Å². The van der Waals surface area contributed by atoms with Crippen LogP contribution in [-0.2, 0) is 5.54 Å². The van der Waals surface area contributed by atoms with Crippen LogP contribution in [0.3, 0.4) is 0 Å². The SMILES string of the molecule is Cc1cc(C)cc(Nc2nn(C3(CC#N)CCN(C(=O)O)CC3)c3cc[nH]c(=O)c23)c1. The zero-order chi connectivity index (χ0) is 22.2. The molecule has 1 aliphatic rings. The Morgan fingerprint density at radius 1 is 1.29 bits per heavy atom. The molecule has 0 spiro atoms. The van der Waals surface area contributed by atoms with Crippen LogP contribution in [0.25, 0.3) is 10.9 Å². The van der Waals surface area contributed by atoms with Gasteiger partial charge in [0.25, 0.3) is 5.56 Å². The molecule has 31 heavy (non-hydrogen) atoms. The molecule has 1 aliphatic heterocycles. The van der Waals surface area contributed by atoms with Crippen LogP contribution < -0.4 is 10.9 Å². The molecule has 4 rings (SSSR count). The summed E-state index contributed by atoms with van der Waals surface area (Å²) in [5, 5.41) is 27.3. The third-order valence-electron chi connectivity index (χ3n) is 5.91. The average Bonchev–Trinajstić information content (AvgIpc) is 3.08. The van der Waals surface area contributed by atoms with E-state index in [4.69, 9.17) is 5.10 Å². The minimum atomic E-state index is -0.968. The van der Waals surface area contributed by atoms with Crippen LogP contribution in [0.4, 0.5) is 16.3 Å². The molecule has 1 amide bonds. The van der Waals surface area contributed by atoms with Gasteiger partial charge >= 0.3 is 6.09 Å². The number of aryl methyl sites for hydroxylation is 2. The van der Waals surface area contributed by atoms with E-state index in [1.54, 1.807) is 16.9 Å². The predicted molar refractivity (Wildman–Crippen MR) is 117 cm³/mol. The summed E-state index contributed by atoms with van der Waals surface area (Å²) in [6.07, 6.45) is 1.66. The van der Waals surface area contributed by atoms with Gasteiger partial charge in [-0.15, -0.1) is 0 Å². The molecule has 160 valence electrons. The number of likely N-dealkylation sites (tertiary alicyclic amines) is 1. The van der Waals surface area contributed by atoms with Gasteiger partial charge in [-0.3, -0.25) is 9.48 Å². The zero-order valence-corrected chi connectivity index (χ0v) is 17.5. The van der Waals surface area contributed by atoms with E-state index < -0.39 is 11.6 Å².